The summed E-state index contributed by atoms with van der Waals surface area (Å²) in [5.74, 6) is 4.00. The van der Waals surface area contributed by atoms with Gasteiger partial charge in [0.25, 0.3) is 0 Å². The number of fused-ring (bicyclic) bond motifs is 1. The molecule has 1 N–H and O–H groups in total. The van der Waals surface area contributed by atoms with Crippen molar-refractivity contribution in [1.82, 2.24) is 15.1 Å². The number of hydrogen-bond donors (Lipinski definition) is 1. The lowest BCUT2D eigenvalue weighted by Gasteiger charge is -2.37. The fraction of sp³-hybridized carbons (Fsp3) is 0.480. The summed E-state index contributed by atoms with van der Waals surface area (Å²) in [6.45, 7) is 6.45. The summed E-state index contributed by atoms with van der Waals surface area (Å²) in [6, 6.07) is 14.5. The van der Waals surface area contributed by atoms with E-state index in [1.807, 2.05) is 19.2 Å². The van der Waals surface area contributed by atoms with Crippen molar-refractivity contribution >= 4 is 29.9 Å². The second-order valence-electron chi connectivity index (χ2n) is 8.25. The van der Waals surface area contributed by atoms with Gasteiger partial charge >= 0.3 is 0 Å². The molecular weight excluding hydrogens is 531 g/mol. The molecule has 2 aliphatic rings. The van der Waals surface area contributed by atoms with Crippen LogP contribution in [0.4, 0.5) is 0 Å². The van der Waals surface area contributed by atoms with Gasteiger partial charge in [-0.3, -0.25) is 9.89 Å². The number of benzene rings is 2. The van der Waals surface area contributed by atoms with E-state index >= 15 is 0 Å². The van der Waals surface area contributed by atoms with Crippen LogP contribution in [0.15, 0.2) is 47.5 Å². The summed E-state index contributed by atoms with van der Waals surface area (Å²) < 4.78 is 16.6. The van der Waals surface area contributed by atoms with Crippen molar-refractivity contribution in [2.75, 3.05) is 60.6 Å². The van der Waals surface area contributed by atoms with E-state index in [2.05, 4.69) is 50.4 Å². The Hall–Kier alpha value is -2.20. The minimum Gasteiger partial charge on any atom is -0.493 e. The Morgan fingerprint density at radius 2 is 1.82 bits per heavy atom. The Balaban J connectivity index is 0.00000306. The summed E-state index contributed by atoms with van der Waals surface area (Å²) in [7, 11) is 5.21. The number of guanidine groups is 1. The Morgan fingerprint density at radius 3 is 2.55 bits per heavy atom. The SMILES string of the molecule is CN=C(NCC1CCOc2ccccc21)N1CCN(Cc2ccc(OC)c(OC)c2)CC1.I. The van der Waals surface area contributed by atoms with Crippen LogP contribution < -0.4 is 19.5 Å². The Morgan fingerprint density at radius 1 is 1.06 bits per heavy atom. The molecule has 0 radical (unpaired) electrons. The van der Waals surface area contributed by atoms with E-state index in [4.69, 9.17) is 14.2 Å². The zero-order chi connectivity index (χ0) is 22.3. The van der Waals surface area contributed by atoms with Gasteiger partial charge in [0.15, 0.2) is 17.5 Å². The Kier molecular flexibility index (Phi) is 9.49. The fourth-order valence-corrected chi connectivity index (χ4v) is 4.53. The van der Waals surface area contributed by atoms with Gasteiger partial charge in [-0.1, -0.05) is 24.3 Å². The average Bonchev–Trinajstić information content (AvgIpc) is 2.85. The molecule has 1 fully saturated rings. The third kappa shape index (κ3) is 6.23. The van der Waals surface area contributed by atoms with Crippen LogP contribution >= 0.6 is 24.0 Å². The van der Waals surface area contributed by atoms with Crippen LogP contribution in [0.25, 0.3) is 0 Å². The maximum atomic E-state index is 5.80. The van der Waals surface area contributed by atoms with Crippen molar-refractivity contribution in [3.05, 3.63) is 53.6 Å². The van der Waals surface area contributed by atoms with Gasteiger partial charge in [0.05, 0.1) is 20.8 Å². The van der Waals surface area contributed by atoms with Gasteiger partial charge in [0, 0.05) is 52.2 Å². The number of aliphatic imine (C=N–C) groups is 1. The van der Waals surface area contributed by atoms with E-state index in [1.165, 1.54) is 11.1 Å². The second-order valence-corrected chi connectivity index (χ2v) is 8.25. The number of hydrogen-bond acceptors (Lipinski definition) is 5. The zero-order valence-electron chi connectivity index (χ0n) is 19.8. The molecule has 2 aromatic carbocycles. The summed E-state index contributed by atoms with van der Waals surface area (Å²) in [5.41, 5.74) is 2.53. The zero-order valence-corrected chi connectivity index (χ0v) is 22.1. The average molecular weight is 566 g/mol. The Bertz CT molecular complexity index is 932. The van der Waals surface area contributed by atoms with Crippen LogP contribution in [0.1, 0.15) is 23.5 Å². The van der Waals surface area contributed by atoms with Crippen molar-refractivity contribution < 1.29 is 14.2 Å². The van der Waals surface area contributed by atoms with Gasteiger partial charge in [0.1, 0.15) is 5.75 Å². The molecule has 2 aliphatic heterocycles. The van der Waals surface area contributed by atoms with E-state index in [-0.39, 0.29) is 24.0 Å². The van der Waals surface area contributed by atoms with Gasteiger partial charge < -0.3 is 24.4 Å². The molecule has 4 rings (SSSR count). The molecule has 0 aromatic heterocycles. The van der Waals surface area contributed by atoms with E-state index in [0.29, 0.717) is 5.92 Å². The number of rotatable bonds is 6. The predicted molar refractivity (Wildman–Crippen MR) is 142 cm³/mol. The molecule has 2 heterocycles. The Labute approximate surface area is 214 Å². The molecule has 0 spiro atoms. The van der Waals surface area contributed by atoms with Crippen molar-refractivity contribution in [2.45, 2.75) is 18.9 Å². The molecule has 7 nitrogen and oxygen atoms in total. The first-order valence-electron chi connectivity index (χ1n) is 11.3. The first-order valence-corrected chi connectivity index (χ1v) is 11.3. The predicted octanol–water partition coefficient (Wildman–Crippen LogP) is 3.58. The number of ether oxygens (including phenoxy) is 3. The van der Waals surface area contributed by atoms with Gasteiger partial charge in [-0.05, 0) is 35.7 Å². The number of para-hydroxylation sites is 1. The third-order valence-electron chi connectivity index (χ3n) is 6.33. The fourth-order valence-electron chi connectivity index (χ4n) is 4.53. The molecule has 0 saturated carbocycles. The van der Waals surface area contributed by atoms with E-state index in [1.54, 1.807) is 14.2 Å². The number of piperazine rings is 1. The minimum atomic E-state index is 0. The maximum Gasteiger partial charge on any atom is 0.193 e. The monoisotopic (exact) mass is 566 g/mol. The highest BCUT2D eigenvalue weighted by atomic mass is 127. The number of halogens is 1. The van der Waals surface area contributed by atoms with Gasteiger partial charge in [0.2, 0.25) is 0 Å². The highest BCUT2D eigenvalue weighted by molar-refractivity contribution is 14.0. The number of methoxy groups -OCH3 is 2. The molecule has 0 aliphatic carbocycles. The topological polar surface area (TPSA) is 58.6 Å². The first-order chi connectivity index (χ1) is 15.7. The molecule has 180 valence electrons. The molecule has 33 heavy (non-hydrogen) atoms. The van der Waals surface area contributed by atoms with Gasteiger partial charge in [-0.25, -0.2) is 0 Å². The lowest BCUT2D eigenvalue weighted by Crippen LogP contribution is -2.52. The van der Waals surface area contributed by atoms with E-state index < -0.39 is 0 Å². The standard InChI is InChI=1S/C25H34N4O3.HI/c1-26-25(27-17-20-10-15-32-22-7-5-4-6-21(20)22)29-13-11-28(12-14-29)18-19-8-9-23(30-2)24(16-19)31-3;/h4-9,16,20H,10-15,17-18H2,1-3H3,(H,26,27);1H. The maximum absolute atomic E-state index is 5.80. The highest BCUT2D eigenvalue weighted by Gasteiger charge is 2.24. The normalized spacial score (nSPS) is 18.6. The van der Waals surface area contributed by atoms with Crippen molar-refractivity contribution in [2.24, 2.45) is 4.99 Å². The summed E-state index contributed by atoms with van der Waals surface area (Å²) in [5, 5.41) is 3.61. The van der Waals surface area contributed by atoms with Crippen LogP contribution in [0.2, 0.25) is 0 Å². The van der Waals surface area contributed by atoms with Crippen LogP contribution in [0.3, 0.4) is 0 Å². The van der Waals surface area contributed by atoms with Gasteiger partial charge in [-0.2, -0.15) is 0 Å². The first kappa shape index (κ1) is 25.4. The second kappa shape index (κ2) is 12.3. The molecule has 2 aromatic rings. The van der Waals surface area contributed by atoms with Crippen LogP contribution in [0.5, 0.6) is 17.2 Å². The van der Waals surface area contributed by atoms with Crippen LogP contribution in [-0.4, -0.2) is 76.4 Å². The molecular formula is C25H35IN4O3. The van der Waals surface area contributed by atoms with Gasteiger partial charge in [-0.15, -0.1) is 24.0 Å². The summed E-state index contributed by atoms with van der Waals surface area (Å²) in [6.07, 6.45) is 1.03. The van der Waals surface area contributed by atoms with Crippen molar-refractivity contribution in [3.63, 3.8) is 0 Å². The molecule has 1 atom stereocenters. The van der Waals surface area contributed by atoms with Crippen molar-refractivity contribution in [3.8, 4) is 17.2 Å². The molecule has 1 saturated heterocycles. The number of nitrogens with zero attached hydrogens (tertiary/aromatic N) is 3. The highest BCUT2D eigenvalue weighted by Crippen LogP contribution is 2.33. The molecule has 0 bridgehead atoms. The third-order valence-corrected chi connectivity index (χ3v) is 6.33. The largest absolute Gasteiger partial charge is 0.493 e. The molecule has 8 heteroatoms. The van der Waals surface area contributed by atoms with Crippen LogP contribution in [-0.2, 0) is 6.54 Å². The lowest BCUT2D eigenvalue weighted by molar-refractivity contribution is 0.172. The number of nitrogens with one attached hydrogen (secondary N) is 1. The lowest BCUT2D eigenvalue weighted by atomic mass is 9.93. The quantitative estimate of drug-likeness (QED) is 0.328. The summed E-state index contributed by atoms with van der Waals surface area (Å²) in [4.78, 5) is 9.38. The molecule has 1 unspecified atom stereocenters. The van der Waals surface area contributed by atoms with Crippen LogP contribution in [0, 0.1) is 0 Å². The van der Waals surface area contributed by atoms with E-state index in [0.717, 1.165) is 75.5 Å². The summed E-state index contributed by atoms with van der Waals surface area (Å²) >= 11 is 0. The molecule has 0 amide bonds. The van der Waals surface area contributed by atoms with Crippen molar-refractivity contribution in [1.29, 1.82) is 0 Å². The smallest absolute Gasteiger partial charge is 0.193 e. The van der Waals surface area contributed by atoms with E-state index in [9.17, 15) is 0 Å². The minimum absolute atomic E-state index is 0.